The second-order valence-corrected chi connectivity index (χ2v) is 13.7. The van der Waals surface area contributed by atoms with Gasteiger partial charge >= 0.3 is 0 Å². The third-order valence-corrected chi connectivity index (χ3v) is 10.6. The number of nitrogens with zero attached hydrogens (tertiary/aromatic N) is 2. The van der Waals surface area contributed by atoms with Crippen molar-refractivity contribution in [2.75, 3.05) is 24.7 Å². The Morgan fingerprint density at radius 3 is 2.15 bits per heavy atom. The molecule has 2 atom stereocenters. The van der Waals surface area contributed by atoms with E-state index in [4.69, 9.17) is 4.74 Å². The lowest BCUT2D eigenvalue weighted by atomic mass is 9.68. The standard InChI is InChI=1S/C34H47N2O4S/c1-6-9-19-34(20-10-7-2)25-41(38,39)31-16-13-28(35(4)5)23-30(31)32(33(34)37)27-11-14-29(15-12-27)40-24-26-17-21-36(8-3)22-18-26/h11-18,21-23,32-33,37H,6-10,19-20,24-25H2,1-5H3/q+1/t32-,33-/m1/s1. The van der Waals surface area contributed by atoms with E-state index in [9.17, 15) is 13.5 Å². The molecular weight excluding hydrogens is 532 g/mol. The van der Waals surface area contributed by atoms with Crippen molar-refractivity contribution in [1.82, 2.24) is 0 Å². The van der Waals surface area contributed by atoms with Crippen LogP contribution in [0.1, 0.15) is 81.9 Å². The first-order chi connectivity index (χ1) is 19.6. The van der Waals surface area contributed by atoms with Gasteiger partial charge in [0, 0.05) is 48.8 Å². The van der Waals surface area contributed by atoms with Gasteiger partial charge in [-0.05, 0) is 61.2 Å². The highest BCUT2D eigenvalue weighted by atomic mass is 32.2. The number of benzene rings is 2. The highest BCUT2D eigenvalue weighted by Gasteiger charge is 2.49. The van der Waals surface area contributed by atoms with Crippen LogP contribution in [0.4, 0.5) is 5.69 Å². The molecule has 1 aromatic heterocycles. The molecular formula is C34H47N2O4S+. The van der Waals surface area contributed by atoms with Crippen molar-refractivity contribution in [1.29, 1.82) is 0 Å². The smallest absolute Gasteiger partial charge is 0.179 e. The van der Waals surface area contributed by atoms with E-state index < -0.39 is 27.3 Å². The Morgan fingerprint density at radius 2 is 1.59 bits per heavy atom. The number of pyridine rings is 1. The Balaban J connectivity index is 1.75. The van der Waals surface area contributed by atoms with Crippen LogP contribution in [0.5, 0.6) is 5.75 Å². The van der Waals surface area contributed by atoms with E-state index in [0.717, 1.165) is 54.8 Å². The van der Waals surface area contributed by atoms with Crippen molar-refractivity contribution in [3.05, 3.63) is 83.7 Å². The van der Waals surface area contributed by atoms with Gasteiger partial charge in [-0.15, -0.1) is 0 Å². The fraction of sp³-hybridized carbons (Fsp3) is 0.500. The zero-order valence-electron chi connectivity index (χ0n) is 25.3. The van der Waals surface area contributed by atoms with Crippen molar-refractivity contribution in [2.45, 2.75) is 89.4 Å². The van der Waals surface area contributed by atoms with Gasteiger partial charge in [-0.2, -0.15) is 0 Å². The molecule has 0 spiro atoms. The van der Waals surface area contributed by atoms with Crippen molar-refractivity contribution >= 4 is 15.5 Å². The maximum absolute atomic E-state index is 14.0. The topological polar surface area (TPSA) is 70.7 Å². The highest BCUT2D eigenvalue weighted by molar-refractivity contribution is 7.91. The number of hydrogen-bond donors (Lipinski definition) is 1. The molecule has 2 aromatic carbocycles. The van der Waals surface area contributed by atoms with Gasteiger partial charge in [0.25, 0.3) is 0 Å². The first-order valence-electron chi connectivity index (χ1n) is 15.1. The molecule has 7 heteroatoms. The molecule has 41 heavy (non-hydrogen) atoms. The Morgan fingerprint density at radius 1 is 0.951 bits per heavy atom. The number of fused-ring (bicyclic) bond motifs is 1. The first kappa shape index (κ1) is 31.0. The SMILES string of the molecule is CCCCC1(CCCC)CS(=O)(=O)c2ccc(N(C)C)cc2[C@@H](c2ccc(OCc3cc[n+](CC)cc3)cc2)[C@H]1O. The van der Waals surface area contributed by atoms with E-state index in [1.807, 2.05) is 67.8 Å². The molecule has 1 N–H and O–H groups in total. The normalized spacial score (nSPS) is 19.3. The van der Waals surface area contributed by atoms with Crippen LogP contribution >= 0.6 is 0 Å². The van der Waals surface area contributed by atoms with E-state index >= 15 is 0 Å². The zero-order chi connectivity index (χ0) is 29.6. The molecule has 0 unspecified atom stereocenters. The van der Waals surface area contributed by atoms with Gasteiger partial charge in [0.2, 0.25) is 0 Å². The summed E-state index contributed by atoms with van der Waals surface area (Å²) in [6.45, 7) is 7.73. The van der Waals surface area contributed by atoms with E-state index in [1.54, 1.807) is 6.07 Å². The summed E-state index contributed by atoms with van der Waals surface area (Å²) >= 11 is 0. The van der Waals surface area contributed by atoms with Gasteiger partial charge in [0.1, 0.15) is 18.9 Å². The molecule has 1 aliphatic rings. The van der Waals surface area contributed by atoms with E-state index in [0.29, 0.717) is 29.9 Å². The van der Waals surface area contributed by atoms with Crippen LogP contribution in [-0.2, 0) is 23.0 Å². The molecule has 3 aromatic rings. The van der Waals surface area contributed by atoms with Crippen LogP contribution in [0.15, 0.2) is 71.9 Å². The number of aryl methyl sites for hydroxylation is 1. The Labute approximate surface area is 246 Å². The molecule has 222 valence electrons. The second kappa shape index (κ2) is 13.4. The van der Waals surface area contributed by atoms with E-state index in [-0.39, 0.29) is 5.75 Å². The predicted molar refractivity (Wildman–Crippen MR) is 165 cm³/mol. The number of unbranched alkanes of at least 4 members (excludes halogenated alkanes) is 2. The molecule has 0 saturated carbocycles. The van der Waals surface area contributed by atoms with Crippen LogP contribution in [0.25, 0.3) is 0 Å². The number of aliphatic hydroxyl groups excluding tert-OH is 1. The van der Waals surface area contributed by atoms with Crippen molar-refractivity contribution < 1.29 is 22.8 Å². The van der Waals surface area contributed by atoms with Crippen LogP contribution < -0.4 is 14.2 Å². The lowest BCUT2D eigenvalue weighted by molar-refractivity contribution is -0.693. The van der Waals surface area contributed by atoms with Crippen LogP contribution in [0.3, 0.4) is 0 Å². The van der Waals surface area contributed by atoms with Gasteiger partial charge in [-0.3, -0.25) is 0 Å². The summed E-state index contributed by atoms with van der Waals surface area (Å²) in [5.74, 6) is 0.244. The van der Waals surface area contributed by atoms with Crippen molar-refractivity contribution in [2.24, 2.45) is 5.41 Å². The van der Waals surface area contributed by atoms with Crippen molar-refractivity contribution in [3.8, 4) is 5.75 Å². The van der Waals surface area contributed by atoms with Gasteiger partial charge in [0.15, 0.2) is 22.2 Å². The lowest BCUT2D eigenvalue weighted by Crippen LogP contribution is -2.43. The number of rotatable bonds is 12. The molecule has 1 aliphatic heterocycles. The first-order valence-corrected chi connectivity index (χ1v) is 16.7. The molecule has 0 bridgehead atoms. The minimum absolute atomic E-state index is 0.0255. The average molecular weight is 580 g/mol. The minimum Gasteiger partial charge on any atom is -0.489 e. The molecule has 4 rings (SSSR count). The summed E-state index contributed by atoms with van der Waals surface area (Å²) in [5, 5.41) is 12.3. The molecule has 0 aliphatic carbocycles. The maximum atomic E-state index is 14.0. The van der Waals surface area contributed by atoms with E-state index in [2.05, 4.69) is 37.5 Å². The third kappa shape index (κ3) is 6.95. The second-order valence-electron chi connectivity index (χ2n) is 11.8. The molecule has 0 radical (unpaired) electrons. The van der Waals surface area contributed by atoms with Crippen LogP contribution in [0, 0.1) is 5.41 Å². The van der Waals surface area contributed by atoms with Gasteiger partial charge in [-0.1, -0.05) is 51.7 Å². The summed E-state index contributed by atoms with van der Waals surface area (Å²) in [5.41, 5.74) is 2.87. The number of hydrogen-bond acceptors (Lipinski definition) is 5. The number of aromatic nitrogens is 1. The fourth-order valence-electron chi connectivity index (χ4n) is 6.12. The van der Waals surface area contributed by atoms with Crippen LogP contribution in [-0.4, -0.2) is 39.5 Å². The Kier molecular flexibility index (Phi) is 10.1. The highest BCUT2D eigenvalue weighted by Crippen LogP contribution is 2.50. The molecule has 6 nitrogen and oxygen atoms in total. The maximum Gasteiger partial charge on any atom is 0.179 e. The predicted octanol–water partition coefficient (Wildman–Crippen LogP) is 6.29. The monoisotopic (exact) mass is 579 g/mol. The van der Waals surface area contributed by atoms with Gasteiger partial charge in [-0.25, -0.2) is 13.0 Å². The summed E-state index contributed by atoms with van der Waals surface area (Å²) in [4.78, 5) is 2.32. The quantitative estimate of drug-likeness (QED) is 0.256. The Bertz CT molecular complexity index is 1380. The van der Waals surface area contributed by atoms with Gasteiger partial charge < -0.3 is 14.7 Å². The fourth-order valence-corrected chi connectivity index (χ4v) is 8.32. The summed E-state index contributed by atoms with van der Waals surface area (Å²) < 4.78 is 36.2. The number of anilines is 1. The summed E-state index contributed by atoms with van der Waals surface area (Å²) in [6, 6.07) is 17.6. The summed E-state index contributed by atoms with van der Waals surface area (Å²) in [7, 11) is 0.280. The van der Waals surface area contributed by atoms with Crippen LogP contribution in [0.2, 0.25) is 0 Å². The molecule has 0 fully saturated rings. The van der Waals surface area contributed by atoms with Crippen molar-refractivity contribution in [3.63, 3.8) is 0 Å². The largest absolute Gasteiger partial charge is 0.489 e. The average Bonchev–Trinajstić information content (AvgIpc) is 3.04. The Hall–Kier alpha value is -2.90. The minimum atomic E-state index is -3.62. The van der Waals surface area contributed by atoms with Gasteiger partial charge in [0.05, 0.1) is 16.8 Å². The van der Waals surface area contributed by atoms with E-state index in [1.165, 1.54) is 0 Å². The molecule has 2 heterocycles. The molecule has 0 saturated heterocycles. The zero-order valence-corrected chi connectivity index (χ0v) is 26.2. The summed E-state index contributed by atoms with van der Waals surface area (Å²) in [6.07, 6.45) is 8.30. The lowest BCUT2D eigenvalue weighted by Gasteiger charge is -2.40. The number of aliphatic hydroxyl groups is 1. The molecule has 0 amide bonds. The third-order valence-electron chi connectivity index (χ3n) is 8.63. The number of sulfone groups is 1. The number of ether oxygens (including phenoxy) is 1.